The van der Waals surface area contributed by atoms with Crippen LogP contribution in [-0.2, 0) is 0 Å². The van der Waals surface area contributed by atoms with E-state index in [4.69, 9.17) is 0 Å². The van der Waals surface area contributed by atoms with Crippen molar-refractivity contribution in [2.75, 3.05) is 0 Å². The van der Waals surface area contributed by atoms with Crippen molar-refractivity contribution in [3.63, 3.8) is 0 Å². The molecule has 4 fully saturated rings. The zero-order valence-electron chi connectivity index (χ0n) is 9.15. The number of rotatable bonds is 0. The highest BCUT2D eigenvalue weighted by atomic mass is 28.2. The molecule has 0 unspecified atom stereocenters. The Labute approximate surface area is 93.3 Å². The molecule has 4 aliphatic carbocycles. The number of hydrogen-bond donors (Lipinski definition) is 0. The minimum Gasteiger partial charge on any atom is -0.0756 e. The van der Waals surface area contributed by atoms with Crippen molar-refractivity contribution >= 4 is 13.6 Å². The minimum absolute atomic E-state index is 0.318. The Morgan fingerprint density at radius 2 is 1.33 bits per heavy atom. The first-order valence-electron chi connectivity index (χ1n) is 6.49. The van der Waals surface area contributed by atoms with Gasteiger partial charge in [0.25, 0.3) is 0 Å². The summed E-state index contributed by atoms with van der Waals surface area (Å²) < 4.78 is 0. The summed E-state index contributed by atoms with van der Waals surface area (Å²) in [6, 6.07) is 0. The second-order valence-electron chi connectivity index (χ2n) is 5.93. The third kappa shape index (κ3) is 1.22. The Bertz CT molecular complexity index is 342. The maximum atomic E-state index is 2.52. The largest absolute Gasteiger partial charge is 0.0756 e. The van der Waals surface area contributed by atoms with E-state index in [2.05, 4.69) is 23.6 Å². The van der Waals surface area contributed by atoms with Crippen molar-refractivity contribution in [3.05, 3.63) is 23.6 Å². The summed E-state index contributed by atoms with van der Waals surface area (Å²) >= 11 is 0. The van der Waals surface area contributed by atoms with E-state index in [0.29, 0.717) is 0 Å². The van der Waals surface area contributed by atoms with Crippen LogP contribution in [0.15, 0.2) is 23.6 Å². The Kier molecular flexibility index (Phi) is 1.76. The molecule has 1 aliphatic heterocycles. The van der Waals surface area contributed by atoms with E-state index < -0.39 is 0 Å². The van der Waals surface area contributed by atoms with E-state index in [1.807, 2.05) is 5.17 Å². The first-order valence-corrected chi connectivity index (χ1v) is 8.14. The van der Waals surface area contributed by atoms with Crippen LogP contribution in [0.1, 0.15) is 32.1 Å². The molecule has 0 atom stereocenters. The van der Waals surface area contributed by atoms with E-state index in [0.717, 1.165) is 23.7 Å². The van der Waals surface area contributed by atoms with Crippen LogP contribution < -0.4 is 0 Å². The lowest BCUT2D eigenvalue weighted by atomic mass is 9.56. The van der Waals surface area contributed by atoms with Gasteiger partial charge in [0.2, 0.25) is 0 Å². The second kappa shape index (κ2) is 3.04. The Hall–Kier alpha value is -0.433. The van der Waals surface area contributed by atoms with Gasteiger partial charge >= 0.3 is 0 Å². The quantitative estimate of drug-likeness (QED) is 0.544. The fourth-order valence-corrected chi connectivity index (χ4v) is 7.28. The maximum absolute atomic E-state index is 2.52. The molecule has 0 aromatic carbocycles. The average molecular weight is 214 g/mol. The molecule has 78 valence electrons. The van der Waals surface area contributed by atoms with Crippen LogP contribution in [0.3, 0.4) is 0 Å². The summed E-state index contributed by atoms with van der Waals surface area (Å²) in [6.07, 6.45) is 12.4. The first kappa shape index (κ1) is 8.69. The van der Waals surface area contributed by atoms with E-state index >= 15 is 0 Å². The second-order valence-corrected chi connectivity index (χ2v) is 8.09. The van der Waals surface area contributed by atoms with Gasteiger partial charge in [-0.25, -0.2) is 0 Å². The van der Waals surface area contributed by atoms with Gasteiger partial charge in [-0.1, -0.05) is 28.7 Å². The molecule has 0 aromatic rings. The van der Waals surface area contributed by atoms with Crippen molar-refractivity contribution in [2.45, 2.75) is 32.1 Å². The lowest BCUT2D eigenvalue weighted by molar-refractivity contribution is 0.111. The molecule has 0 radical (unpaired) electrons. The van der Waals surface area contributed by atoms with Gasteiger partial charge < -0.3 is 0 Å². The highest BCUT2D eigenvalue weighted by molar-refractivity contribution is 6.80. The molecule has 1 heteroatoms. The van der Waals surface area contributed by atoms with Crippen molar-refractivity contribution in [2.24, 2.45) is 23.7 Å². The molecule has 5 rings (SSSR count). The van der Waals surface area contributed by atoms with Gasteiger partial charge in [-0.05, 0) is 55.8 Å². The average Bonchev–Trinajstić information content (AvgIpc) is 2.69. The predicted octanol–water partition coefficient (Wildman–Crippen LogP) is 2.90. The summed E-state index contributed by atoms with van der Waals surface area (Å²) in [5.74, 6) is 4.33. The highest BCUT2D eigenvalue weighted by Crippen LogP contribution is 2.52. The molecule has 4 saturated carbocycles. The lowest BCUT2D eigenvalue weighted by Gasteiger charge is -2.52. The summed E-state index contributed by atoms with van der Waals surface area (Å²) in [5.41, 5.74) is 5.03. The molecule has 0 spiro atoms. The smallest absolute Gasteiger partial charge is 0.0643 e. The fraction of sp³-hybridized carbons (Fsp3) is 0.643. The lowest BCUT2D eigenvalue weighted by Crippen LogP contribution is -2.48. The normalized spacial score (nSPS) is 45.9. The van der Waals surface area contributed by atoms with Gasteiger partial charge in [-0.15, -0.1) is 0 Å². The van der Waals surface area contributed by atoms with Crippen molar-refractivity contribution < 1.29 is 0 Å². The van der Waals surface area contributed by atoms with Crippen molar-refractivity contribution in [1.82, 2.24) is 0 Å². The van der Waals surface area contributed by atoms with E-state index in [1.165, 1.54) is 0 Å². The SMILES string of the molecule is C1=C[Si](=C2C3CC4CC(C3)CC2C4)C=C1. The van der Waals surface area contributed by atoms with Crippen LogP contribution >= 0.6 is 0 Å². The van der Waals surface area contributed by atoms with Gasteiger partial charge in [0.1, 0.15) is 0 Å². The summed E-state index contributed by atoms with van der Waals surface area (Å²) in [7, 11) is -0.318. The van der Waals surface area contributed by atoms with E-state index in [-0.39, 0.29) is 8.41 Å². The van der Waals surface area contributed by atoms with Crippen LogP contribution in [0, 0.1) is 23.7 Å². The van der Waals surface area contributed by atoms with Crippen LogP contribution in [0.5, 0.6) is 0 Å². The molecule has 0 saturated heterocycles. The standard InChI is InChI=1S/C14H18Si/c1-2-4-15(3-1)14-12-6-10-5-11(8-12)9-13(14)7-10/h1-4,10-13H,5-9H2. The molecule has 4 bridgehead atoms. The van der Waals surface area contributed by atoms with Gasteiger partial charge in [0.05, 0.1) is 8.41 Å². The molecule has 0 nitrogen and oxygen atoms in total. The fourth-order valence-electron chi connectivity index (χ4n) is 4.73. The first-order chi connectivity index (χ1) is 7.40. The number of hydrogen-bond acceptors (Lipinski definition) is 0. The molecular formula is C14H18Si. The molecular weight excluding hydrogens is 196 g/mol. The topological polar surface area (TPSA) is 0 Å². The third-order valence-corrected chi connectivity index (χ3v) is 7.60. The molecule has 1 heterocycles. The third-order valence-electron chi connectivity index (χ3n) is 5.01. The predicted molar refractivity (Wildman–Crippen MR) is 66.1 cm³/mol. The summed E-state index contributed by atoms with van der Waals surface area (Å²) in [6.45, 7) is 0. The van der Waals surface area contributed by atoms with Crippen LogP contribution in [-0.4, -0.2) is 13.6 Å². The van der Waals surface area contributed by atoms with Crippen molar-refractivity contribution in [1.29, 1.82) is 0 Å². The summed E-state index contributed by atoms with van der Waals surface area (Å²) in [4.78, 5) is 0. The van der Waals surface area contributed by atoms with Gasteiger partial charge in [-0.2, -0.15) is 0 Å². The highest BCUT2D eigenvalue weighted by Gasteiger charge is 2.45. The Morgan fingerprint density at radius 3 is 1.87 bits per heavy atom. The Morgan fingerprint density at radius 1 is 0.800 bits per heavy atom. The van der Waals surface area contributed by atoms with Gasteiger partial charge in [0, 0.05) is 0 Å². The maximum Gasteiger partial charge on any atom is 0.0643 e. The van der Waals surface area contributed by atoms with Gasteiger partial charge in [0.15, 0.2) is 0 Å². The summed E-state index contributed by atoms with van der Waals surface area (Å²) in [5, 5.41) is 2.03. The molecule has 0 N–H and O–H groups in total. The van der Waals surface area contributed by atoms with E-state index in [9.17, 15) is 0 Å². The van der Waals surface area contributed by atoms with Crippen LogP contribution in [0.2, 0.25) is 0 Å². The van der Waals surface area contributed by atoms with Crippen molar-refractivity contribution in [3.8, 4) is 0 Å². The zero-order chi connectivity index (χ0) is 9.83. The minimum atomic E-state index is -0.318. The molecule has 0 aromatic heterocycles. The van der Waals surface area contributed by atoms with Crippen LogP contribution in [0.4, 0.5) is 0 Å². The Balaban J connectivity index is 1.79. The van der Waals surface area contributed by atoms with Crippen LogP contribution in [0.25, 0.3) is 0 Å². The number of allylic oxidation sites excluding steroid dienone is 2. The zero-order valence-corrected chi connectivity index (χ0v) is 10.2. The molecule has 0 amide bonds. The monoisotopic (exact) mass is 214 g/mol. The van der Waals surface area contributed by atoms with Gasteiger partial charge in [-0.3, -0.25) is 0 Å². The molecule has 5 aliphatic rings. The van der Waals surface area contributed by atoms with E-state index in [1.54, 1.807) is 32.1 Å². The molecule has 15 heavy (non-hydrogen) atoms.